The van der Waals surface area contributed by atoms with Crippen molar-refractivity contribution in [2.75, 3.05) is 0 Å². The number of unbranched alkanes of at least 4 members (excludes halogenated alkanes) is 1. The Morgan fingerprint density at radius 1 is 1.15 bits per heavy atom. The van der Waals surface area contributed by atoms with Gasteiger partial charge in [0.25, 0.3) is 0 Å². The fourth-order valence-electron chi connectivity index (χ4n) is 1.47. The van der Waals surface area contributed by atoms with Crippen molar-refractivity contribution in [3.63, 3.8) is 0 Å². The van der Waals surface area contributed by atoms with E-state index in [0.29, 0.717) is 6.04 Å². The number of hydrogen-bond acceptors (Lipinski definition) is 0. The fraction of sp³-hybridized carbons (Fsp3) is 0.500. The monoisotopic (exact) mass is 178 g/mol. The average Bonchev–Trinajstić information content (AvgIpc) is 2.14. The SMILES string of the molecule is CC([NH3+])CCCCc1ccccc1. The molecule has 0 radical (unpaired) electrons. The van der Waals surface area contributed by atoms with Gasteiger partial charge in [0.05, 0.1) is 6.04 Å². The Balaban J connectivity index is 2.13. The Bertz CT molecular complexity index is 216. The molecule has 13 heavy (non-hydrogen) atoms. The molecule has 1 heteroatoms. The second kappa shape index (κ2) is 5.76. The molecule has 0 heterocycles. The van der Waals surface area contributed by atoms with E-state index in [1.54, 1.807) is 0 Å². The summed E-state index contributed by atoms with van der Waals surface area (Å²) in [5.74, 6) is 0. The molecule has 0 spiro atoms. The van der Waals surface area contributed by atoms with Gasteiger partial charge in [-0.15, -0.1) is 0 Å². The zero-order chi connectivity index (χ0) is 9.52. The largest absolute Gasteiger partial charge is 0.355 e. The topological polar surface area (TPSA) is 27.6 Å². The number of aryl methyl sites for hydroxylation is 1. The Morgan fingerprint density at radius 3 is 2.46 bits per heavy atom. The van der Waals surface area contributed by atoms with Crippen LogP contribution in [-0.2, 0) is 6.42 Å². The van der Waals surface area contributed by atoms with Crippen LogP contribution < -0.4 is 5.73 Å². The van der Waals surface area contributed by atoms with E-state index in [4.69, 9.17) is 0 Å². The van der Waals surface area contributed by atoms with E-state index in [1.807, 2.05) is 0 Å². The van der Waals surface area contributed by atoms with E-state index >= 15 is 0 Å². The summed E-state index contributed by atoms with van der Waals surface area (Å²) in [6.07, 6.45) is 5.07. The predicted molar refractivity (Wildman–Crippen MR) is 56.3 cm³/mol. The molecular formula is C12H20N+. The molecule has 0 saturated carbocycles. The third kappa shape index (κ3) is 4.69. The smallest absolute Gasteiger partial charge is 0.0815 e. The van der Waals surface area contributed by atoms with Gasteiger partial charge in [-0.25, -0.2) is 0 Å². The van der Waals surface area contributed by atoms with Crippen LogP contribution in [0.15, 0.2) is 30.3 Å². The zero-order valence-electron chi connectivity index (χ0n) is 8.50. The first-order valence-electron chi connectivity index (χ1n) is 5.16. The number of hydrogen-bond donors (Lipinski definition) is 1. The second-order valence-electron chi connectivity index (χ2n) is 3.84. The molecule has 1 unspecified atom stereocenters. The molecule has 3 N–H and O–H groups in total. The molecule has 0 aliphatic heterocycles. The highest BCUT2D eigenvalue weighted by atomic mass is 14.6. The van der Waals surface area contributed by atoms with E-state index in [2.05, 4.69) is 43.0 Å². The first kappa shape index (κ1) is 10.3. The van der Waals surface area contributed by atoms with Gasteiger partial charge in [0.2, 0.25) is 0 Å². The van der Waals surface area contributed by atoms with E-state index < -0.39 is 0 Å². The molecule has 1 rings (SSSR count). The molecule has 72 valence electrons. The van der Waals surface area contributed by atoms with Crippen LogP contribution in [0.4, 0.5) is 0 Å². The van der Waals surface area contributed by atoms with Gasteiger partial charge in [-0.05, 0) is 38.2 Å². The normalized spacial score (nSPS) is 12.8. The van der Waals surface area contributed by atoms with E-state index in [1.165, 1.54) is 31.2 Å². The van der Waals surface area contributed by atoms with Crippen LogP contribution in [0.1, 0.15) is 31.7 Å². The third-order valence-electron chi connectivity index (χ3n) is 2.26. The van der Waals surface area contributed by atoms with Crippen molar-refractivity contribution in [2.45, 2.75) is 38.6 Å². The molecule has 0 saturated heterocycles. The van der Waals surface area contributed by atoms with Crippen molar-refractivity contribution in [1.82, 2.24) is 0 Å². The second-order valence-corrected chi connectivity index (χ2v) is 3.84. The van der Waals surface area contributed by atoms with Gasteiger partial charge in [-0.3, -0.25) is 0 Å². The highest BCUT2D eigenvalue weighted by molar-refractivity contribution is 5.14. The molecule has 1 aromatic carbocycles. The van der Waals surface area contributed by atoms with E-state index in [9.17, 15) is 0 Å². The minimum Gasteiger partial charge on any atom is -0.355 e. The number of quaternary nitrogens is 1. The van der Waals surface area contributed by atoms with Crippen molar-refractivity contribution < 1.29 is 5.73 Å². The van der Waals surface area contributed by atoms with Crippen molar-refractivity contribution in [3.05, 3.63) is 35.9 Å². The van der Waals surface area contributed by atoms with Crippen LogP contribution >= 0.6 is 0 Å². The Morgan fingerprint density at radius 2 is 1.85 bits per heavy atom. The molecule has 1 nitrogen and oxygen atoms in total. The molecule has 0 amide bonds. The maximum Gasteiger partial charge on any atom is 0.0815 e. The molecule has 0 aliphatic rings. The predicted octanol–water partition coefficient (Wildman–Crippen LogP) is 2.03. The van der Waals surface area contributed by atoms with Crippen molar-refractivity contribution in [2.24, 2.45) is 0 Å². The van der Waals surface area contributed by atoms with Crippen LogP contribution in [0, 0.1) is 0 Å². The minimum absolute atomic E-state index is 0.607. The summed E-state index contributed by atoms with van der Waals surface area (Å²) in [7, 11) is 0. The molecule has 0 aliphatic carbocycles. The van der Waals surface area contributed by atoms with Crippen LogP contribution in [-0.4, -0.2) is 6.04 Å². The average molecular weight is 178 g/mol. The van der Waals surface area contributed by atoms with Gasteiger partial charge >= 0.3 is 0 Å². The Kier molecular flexibility index (Phi) is 4.55. The lowest BCUT2D eigenvalue weighted by molar-refractivity contribution is -0.415. The van der Waals surface area contributed by atoms with E-state index in [-0.39, 0.29) is 0 Å². The van der Waals surface area contributed by atoms with Gasteiger partial charge in [0.15, 0.2) is 0 Å². The maximum atomic E-state index is 3.98. The maximum absolute atomic E-state index is 3.98. The van der Waals surface area contributed by atoms with Crippen LogP contribution in [0.2, 0.25) is 0 Å². The van der Waals surface area contributed by atoms with Crippen molar-refractivity contribution in [1.29, 1.82) is 0 Å². The van der Waals surface area contributed by atoms with Gasteiger partial charge in [0.1, 0.15) is 0 Å². The molecule has 0 bridgehead atoms. The molecule has 1 atom stereocenters. The number of benzene rings is 1. The van der Waals surface area contributed by atoms with Crippen LogP contribution in [0.25, 0.3) is 0 Å². The summed E-state index contributed by atoms with van der Waals surface area (Å²) in [5, 5.41) is 0. The number of rotatable bonds is 5. The lowest BCUT2D eigenvalue weighted by atomic mass is 10.1. The zero-order valence-corrected chi connectivity index (χ0v) is 8.50. The highest BCUT2D eigenvalue weighted by Gasteiger charge is 1.97. The van der Waals surface area contributed by atoms with Gasteiger partial charge in [-0.1, -0.05) is 30.3 Å². The van der Waals surface area contributed by atoms with Gasteiger partial charge < -0.3 is 5.73 Å². The molecule has 0 aromatic heterocycles. The summed E-state index contributed by atoms with van der Waals surface area (Å²) in [6, 6.07) is 11.3. The van der Waals surface area contributed by atoms with Crippen LogP contribution in [0.3, 0.4) is 0 Å². The summed E-state index contributed by atoms with van der Waals surface area (Å²) < 4.78 is 0. The quantitative estimate of drug-likeness (QED) is 0.668. The van der Waals surface area contributed by atoms with Crippen LogP contribution in [0.5, 0.6) is 0 Å². The Labute approximate surface area is 81.0 Å². The summed E-state index contributed by atoms with van der Waals surface area (Å²) in [5.41, 5.74) is 5.44. The van der Waals surface area contributed by atoms with Gasteiger partial charge in [0, 0.05) is 0 Å². The molecular weight excluding hydrogens is 158 g/mol. The molecule has 0 fully saturated rings. The minimum atomic E-state index is 0.607. The van der Waals surface area contributed by atoms with E-state index in [0.717, 1.165) is 0 Å². The molecule has 1 aromatic rings. The van der Waals surface area contributed by atoms with Crippen molar-refractivity contribution >= 4 is 0 Å². The Hall–Kier alpha value is -0.820. The van der Waals surface area contributed by atoms with Crippen molar-refractivity contribution in [3.8, 4) is 0 Å². The highest BCUT2D eigenvalue weighted by Crippen LogP contribution is 2.06. The third-order valence-corrected chi connectivity index (χ3v) is 2.26. The summed E-state index contributed by atoms with van der Waals surface area (Å²) >= 11 is 0. The fourth-order valence-corrected chi connectivity index (χ4v) is 1.47. The lowest BCUT2D eigenvalue weighted by Crippen LogP contribution is -2.58. The first-order valence-corrected chi connectivity index (χ1v) is 5.16. The lowest BCUT2D eigenvalue weighted by Gasteiger charge is -2.02. The summed E-state index contributed by atoms with van der Waals surface area (Å²) in [4.78, 5) is 0. The first-order chi connectivity index (χ1) is 6.29. The standard InChI is InChI=1S/C12H19N/c1-11(13)7-5-6-10-12-8-3-2-4-9-12/h2-4,8-9,11H,5-7,10,13H2,1H3/p+1. The van der Waals surface area contributed by atoms with Gasteiger partial charge in [-0.2, -0.15) is 0 Å². The summed E-state index contributed by atoms with van der Waals surface area (Å²) in [6.45, 7) is 2.18.